The van der Waals surface area contributed by atoms with Crippen LogP contribution in [0.15, 0.2) is 18.2 Å². The Balaban J connectivity index is 1.87. The molecular weight excluding hydrogens is 282 g/mol. The second-order valence-corrected chi connectivity index (χ2v) is 5.30. The van der Waals surface area contributed by atoms with Crippen molar-refractivity contribution >= 4 is 17.5 Å². The van der Waals surface area contributed by atoms with Crippen LogP contribution in [0.4, 0.5) is 5.69 Å². The summed E-state index contributed by atoms with van der Waals surface area (Å²) in [4.78, 5) is 23.7. The number of aromatic nitrogens is 2. The molecular formula is C15H17N5O2. The van der Waals surface area contributed by atoms with Crippen molar-refractivity contribution in [3.63, 3.8) is 0 Å². The van der Waals surface area contributed by atoms with Crippen LogP contribution >= 0.6 is 0 Å². The maximum absolute atomic E-state index is 12.4. The van der Waals surface area contributed by atoms with E-state index >= 15 is 0 Å². The molecule has 7 nitrogen and oxygen atoms in total. The van der Waals surface area contributed by atoms with Crippen molar-refractivity contribution in [1.29, 1.82) is 0 Å². The first-order valence-electron chi connectivity index (χ1n) is 7.05. The lowest BCUT2D eigenvalue weighted by Crippen LogP contribution is -2.25. The summed E-state index contributed by atoms with van der Waals surface area (Å²) < 4.78 is 0. The van der Waals surface area contributed by atoms with Gasteiger partial charge in [0.25, 0.3) is 5.91 Å². The van der Waals surface area contributed by atoms with Crippen LogP contribution in [0.2, 0.25) is 0 Å². The summed E-state index contributed by atoms with van der Waals surface area (Å²) >= 11 is 0. The minimum Gasteiger partial charge on any atom is -0.366 e. The van der Waals surface area contributed by atoms with Crippen molar-refractivity contribution in [2.75, 3.05) is 11.9 Å². The van der Waals surface area contributed by atoms with Gasteiger partial charge in [-0.1, -0.05) is 6.07 Å². The third-order valence-corrected chi connectivity index (χ3v) is 3.79. The number of nitrogens with zero attached hydrogens (tertiary/aromatic N) is 1. The zero-order valence-corrected chi connectivity index (χ0v) is 12.2. The lowest BCUT2D eigenvalue weighted by molar-refractivity contribution is 0.0995. The smallest absolute Gasteiger partial charge is 0.276 e. The number of fused-ring (bicyclic) bond motifs is 1. The molecule has 0 fully saturated rings. The van der Waals surface area contributed by atoms with Gasteiger partial charge in [0.05, 0.1) is 0 Å². The molecule has 3 rings (SSSR count). The van der Waals surface area contributed by atoms with Gasteiger partial charge in [-0.15, -0.1) is 0 Å². The minimum absolute atomic E-state index is 0.300. The molecule has 1 aliphatic heterocycles. The number of rotatable bonds is 3. The number of hydrogen-bond acceptors (Lipinski definition) is 4. The SMILES string of the molecule is Cc1ccc(C(N)=O)cc1NC(=O)c1n[nH]c2c1CNCC2. The molecule has 2 aromatic rings. The summed E-state index contributed by atoms with van der Waals surface area (Å²) in [5, 5.41) is 13.0. The molecule has 5 N–H and O–H groups in total. The Morgan fingerprint density at radius 2 is 2.18 bits per heavy atom. The summed E-state index contributed by atoms with van der Waals surface area (Å²) in [6.45, 7) is 3.34. The molecule has 0 radical (unpaired) electrons. The molecule has 1 aromatic heterocycles. The summed E-state index contributed by atoms with van der Waals surface area (Å²) in [7, 11) is 0. The van der Waals surface area contributed by atoms with Gasteiger partial charge in [-0.05, 0) is 24.6 Å². The monoisotopic (exact) mass is 299 g/mol. The Labute approximate surface area is 127 Å². The van der Waals surface area contributed by atoms with E-state index in [2.05, 4.69) is 20.8 Å². The van der Waals surface area contributed by atoms with E-state index in [0.717, 1.165) is 29.8 Å². The number of anilines is 1. The number of nitrogens with two attached hydrogens (primary N) is 1. The molecule has 0 unspecified atom stereocenters. The molecule has 0 saturated carbocycles. The third kappa shape index (κ3) is 2.58. The summed E-state index contributed by atoms with van der Waals surface area (Å²) in [5.41, 5.74) is 9.30. The van der Waals surface area contributed by atoms with E-state index in [1.807, 2.05) is 6.92 Å². The zero-order chi connectivity index (χ0) is 15.7. The Hall–Kier alpha value is -2.67. The van der Waals surface area contributed by atoms with Crippen molar-refractivity contribution in [1.82, 2.24) is 15.5 Å². The van der Waals surface area contributed by atoms with Crippen molar-refractivity contribution < 1.29 is 9.59 Å². The second kappa shape index (κ2) is 5.61. The highest BCUT2D eigenvalue weighted by molar-refractivity contribution is 6.05. The normalized spacial score (nSPS) is 13.5. The van der Waals surface area contributed by atoms with Crippen molar-refractivity contribution in [2.24, 2.45) is 5.73 Å². The molecule has 1 aliphatic rings. The molecule has 114 valence electrons. The number of nitrogens with one attached hydrogen (secondary N) is 3. The predicted molar refractivity (Wildman–Crippen MR) is 81.6 cm³/mol. The number of aromatic amines is 1. The Kier molecular flexibility index (Phi) is 3.64. The van der Waals surface area contributed by atoms with Gasteiger partial charge in [-0.2, -0.15) is 5.10 Å². The van der Waals surface area contributed by atoms with E-state index in [1.54, 1.807) is 18.2 Å². The predicted octanol–water partition coefficient (Wildman–Crippen LogP) is 0.715. The average Bonchev–Trinajstić information content (AvgIpc) is 2.93. The van der Waals surface area contributed by atoms with Gasteiger partial charge in [0.2, 0.25) is 5.91 Å². The van der Waals surface area contributed by atoms with Crippen LogP contribution in [-0.4, -0.2) is 28.6 Å². The van der Waals surface area contributed by atoms with Crippen LogP contribution < -0.4 is 16.4 Å². The van der Waals surface area contributed by atoms with Crippen LogP contribution in [0.1, 0.15) is 37.7 Å². The van der Waals surface area contributed by atoms with Gasteiger partial charge in [-0.3, -0.25) is 14.7 Å². The number of primary amides is 1. The van der Waals surface area contributed by atoms with Crippen molar-refractivity contribution in [3.8, 4) is 0 Å². The fourth-order valence-electron chi connectivity index (χ4n) is 2.50. The topological polar surface area (TPSA) is 113 Å². The lowest BCUT2D eigenvalue weighted by atomic mass is 10.1. The van der Waals surface area contributed by atoms with E-state index in [4.69, 9.17) is 5.73 Å². The maximum Gasteiger partial charge on any atom is 0.276 e. The van der Waals surface area contributed by atoms with Gasteiger partial charge in [0, 0.05) is 42.0 Å². The molecule has 2 heterocycles. The standard InChI is InChI=1S/C15H17N5O2/c1-8-2-3-9(14(16)21)6-12(8)18-15(22)13-10-7-17-5-4-11(10)19-20-13/h2-3,6,17H,4-5,7H2,1H3,(H2,16,21)(H,18,22)(H,19,20). The Bertz CT molecular complexity index is 750. The Morgan fingerprint density at radius 3 is 2.95 bits per heavy atom. The van der Waals surface area contributed by atoms with Crippen LogP contribution in [0, 0.1) is 6.92 Å². The molecule has 22 heavy (non-hydrogen) atoms. The first kappa shape index (κ1) is 14.3. The third-order valence-electron chi connectivity index (χ3n) is 3.79. The first-order valence-corrected chi connectivity index (χ1v) is 7.05. The molecule has 0 atom stereocenters. The maximum atomic E-state index is 12.4. The van der Waals surface area contributed by atoms with E-state index in [1.165, 1.54) is 0 Å². The molecule has 0 aliphatic carbocycles. The number of amides is 2. The highest BCUT2D eigenvalue weighted by Crippen LogP contribution is 2.20. The van der Waals surface area contributed by atoms with E-state index < -0.39 is 5.91 Å². The molecule has 7 heteroatoms. The highest BCUT2D eigenvalue weighted by atomic mass is 16.2. The molecule has 0 saturated heterocycles. The lowest BCUT2D eigenvalue weighted by Gasteiger charge is -2.13. The highest BCUT2D eigenvalue weighted by Gasteiger charge is 2.22. The molecule has 0 bridgehead atoms. The Morgan fingerprint density at radius 1 is 1.36 bits per heavy atom. The van der Waals surface area contributed by atoms with Gasteiger partial charge in [0.15, 0.2) is 5.69 Å². The number of aryl methyl sites for hydroxylation is 1. The average molecular weight is 299 g/mol. The summed E-state index contributed by atoms with van der Waals surface area (Å²) in [6, 6.07) is 4.96. The van der Waals surface area contributed by atoms with E-state index in [-0.39, 0.29) is 5.91 Å². The zero-order valence-electron chi connectivity index (χ0n) is 12.2. The molecule has 1 aromatic carbocycles. The van der Waals surface area contributed by atoms with Crippen LogP contribution in [0.25, 0.3) is 0 Å². The van der Waals surface area contributed by atoms with Gasteiger partial charge in [-0.25, -0.2) is 0 Å². The van der Waals surface area contributed by atoms with E-state index in [0.29, 0.717) is 23.5 Å². The first-order chi connectivity index (χ1) is 10.6. The largest absolute Gasteiger partial charge is 0.366 e. The van der Waals surface area contributed by atoms with Crippen LogP contribution in [0.5, 0.6) is 0 Å². The molecule has 0 spiro atoms. The summed E-state index contributed by atoms with van der Waals surface area (Å²) in [6.07, 6.45) is 0.825. The fourth-order valence-corrected chi connectivity index (χ4v) is 2.50. The molecule has 2 amide bonds. The number of carbonyl (C=O) groups is 2. The second-order valence-electron chi connectivity index (χ2n) is 5.30. The van der Waals surface area contributed by atoms with Gasteiger partial charge < -0.3 is 16.4 Å². The minimum atomic E-state index is -0.531. The van der Waals surface area contributed by atoms with Crippen molar-refractivity contribution in [2.45, 2.75) is 19.9 Å². The number of hydrogen-bond donors (Lipinski definition) is 4. The number of H-pyrrole nitrogens is 1. The van der Waals surface area contributed by atoms with Crippen molar-refractivity contribution in [3.05, 3.63) is 46.3 Å². The number of benzene rings is 1. The van der Waals surface area contributed by atoms with Crippen LogP contribution in [-0.2, 0) is 13.0 Å². The quantitative estimate of drug-likeness (QED) is 0.668. The van der Waals surface area contributed by atoms with Gasteiger partial charge >= 0.3 is 0 Å². The van der Waals surface area contributed by atoms with Gasteiger partial charge in [0.1, 0.15) is 0 Å². The number of carbonyl (C=O) groups excluding carboxylic acids is 2. The van der Waals surface area contributed by atoms with E-state index in [9.17, 15) is 9.59 Å². The fraction of sp³-hybridized carbons (Fsp3) is 0.267. The van der Waals surface area contributed by atoms with Crippen LogP contribution in [0.3, 0.4) is 0 Å². The summed E-state index contributed by atoms with van der Waals surface area (Å²) in [5.74, 6) is -0.831.